The van der Waals surface area contributed by atoms with E-state index in [4.69, 9.17) is 9.72 Å². The average molecular weight is 490 g/mol. The van der Waals surface area contributed by atoms with E-state index in [1.165, 1.54) is 16.7 Å². The van der Waals surface area contributed by atoms with Crippen LogP contribution in [-0.2, 0) is 17.7 Å². The Morgan fingerprint density at radius 2 is 1.97 bits per heavy atom. The third-order valence-electron chi connectivity index (χ3n) is 7.08. The number of alkyl halides is 2. The van der Waals surface area contributed by atoms with Gasteiger partial charge in [0.2, 0.25) is 0 Å². The van der Waals surface area contributed by atoms with Crippen LogP contribution in [0.25, 0.3) is 33.5 Å². The van der Waals surface area contributed by atoms with Crippen LogP contribution in [-0.4, -0.2) is 58.6 Å². The van der Waals surface area contributed by atoms with Crippen LogP contribution in [0.3, 0.4) is 0 Å². The van der Waals surface area contributed by atoms with Gasteiger partial charge in [-0.3, -0.25) is 4.90 Å². The van der Waals surface area contributed by atoms with Gasteiger partial charge in [-0.1, -0.05) is 12.1 Å². The van der Waals surface area contributed by atoms with Gasteiger partial charge in [-0.25, -0.2) is 23.5 Å². The molecule has 1 amide bonds. The maximum atomic E-state index is 13.3. The molecule has 2 aromatic heterocycles. The van der Waals surface area contributed by atoms with Crippen LogP contribution in [0.1, 0.15) is 16.7 Å². The number of hydrogen-bond donors (Lipinski definition) is 1. The molecule has 4 aromatic rings. The minimum atomic E-state index is -2.69. The summed E-state index contributed by atoms with van der Waals surface area (Å²) in [5.41, 5.74) is 9.26. The number of carbonyl (C=O) groups is 1. The Bertz CT molecular complexity index is 1470. The van der Waals surface area contributed by atoms with Gasteiger partial charge in [-0.05, 0) is 66.9 Å². The van der Waals surface area contributed by atoms with Crippen molar-refractivity contribution in [2.24, 2.45) is 0 Å². The lowest BCUT2D eigenvalue weighted by Gasteiger charge is -2.27. The summed E-state index contributed by atoms with van der Waals surface area (Å²) >= 11 is 0. The van der Waals surface area contributed by atoms with E-state index in [0.29, 0.717) is 11.3 Å². The zero-order valence-corrected chi connectivity index (χ0v) is 20.0. The molecular weight excluding hydrogens is 464 g/mol. The number of cyclic esters (lactones) is 1. The molecule has 1 N–H and O–H groups in total. The number of fused-ring (bicyclic) bond motifs is 2. The van der Waals surface area contributed by atoms with Crippen molar-refractivity contribution in [1.82, 2.24) is 19.9 Å². The Balaban J connectivity index is 1.35. The largest absolute Gasteiger partial charge is 0.447 e. The molecule has 9 heteroatoms. The number of halogens is 2. The lowest BCUT2D eigenvalue weighted by molar-refractivity contribution is 0.104. The summed E-state index contributed by atoms with van der Waals surface area (Å²) in [6, 6.07) is 9.98. The highest BCUT2D eigenvalue weighted by Gasteiger charge is 2.40. The second kappa shape index (κ2) is 8.67. The predicted molar refractivity (Wildman–Crippen MR) is 133 cm³/mol. The summed E-state index contributed by atoms with van der Waals surface area (Å²) in [4.78, 5) is 28.1. The third-order valence-corrected chi connectivity index (χ3v) is 7.08. The van der Waals surface area contributed by atoms with Gasteiger partial charge in [0.1, 0.15) is 18.2 Å². The molecular formula is C27H25F2N5O2. The number of rotatable bonds is 4. The zero-order valence-electron chi connectivity index (χ0n) is 20.0. The summed E-state index contributed by atoms with van der Waals surface area (Å²) < 4.78 is 31.5. The average Bonchev–Trinajstić information content (AvgIpc) is 3.47. The number of carbonyl (C=O) groups excluding carboxylic acids is 1. The fourth-order valence-corrected chi connectivity index (χ4v) is 5.18. The molecule has 4 heterocycles. The minimum Gasteiger partial charge on any atom is -0.447 e. The van der Waals surface area contributed by atoms with E-state index in [-0.39, 0.29) is 6.61 Å². The Morgan fingerprint density at radius 1 is 1.17 bits per heavy atom. The first-order valence-electron chi connectivity index (χ1n) is 11.9. The van der Waals surface area contributed by atoms with E-state index >= 15 is 0 Å². The van der Waals surface area contributed by atoms with E-state index in [1.807, 2.05) is 6.20 Å². The number of likely N-dealkylation sites (N-methyl/N-ethyl adjacent to an activating group) is 1. The van der Waals surface area contributed by atoms with Gasteiger partial charge in [0, 0.05) is 36.1 Å². The van der Waals surface area contributed by atoms with Crippen LogP contribution in [0.4, 0.5) is 19.3 Å². The van der Waals surface area contributed by atoms with Gasteiger partial charge in [0.15, 0.2) is 5.65 Å². The monoisotopic (exact) mass is 489 g/mol. The number of anilines is 1. The smallest absolute Gasteiger partial charge is 0.414 e. The van der Waals surface area contributed by atoms with Crippen molar-refractivity contribution in [2.45, 2.75) is 32.4 Å². The fraction of sp³-hybridized carbons (Fsp3) is 0.296. The number of nitrogens with zero attached hydrogens (tertiary/aromatic N) is 4. The first-order chi connectivity index (χ1) is 17.4. The molecule has 1 fully saturated rings. The first kappa shape index (κ1) is 22.6. The van der Waals surface area contributed by atoms with E-state index in [0.717, 1.165) is 52.3 Å². The van der Waals surface area contributed by atoms with Gasteiger partial charge in [0.05, 0.1) is 11.9 Å². The lowest BCUT2D eigenvalue weighted by atomic mass is 9.92. The Morgan fingerprint density at radius 3 is 2.75 bits per heavy atom. The Kier molecular flexibility index (Phi) is 5.44. The van der Waals surface area contributed by atoms with Crippen LogP contribution in [0.2, 0.25) is 0 Å². The van der Waals surface area contributed by atoms with Crippen molar-refractivity contribution in [1.29, 1.82) is 0 Å². The molecule has 0 spiro atoms. The predicted octanol–water partition coefficient (Wildman–Crippen LogP) is 5.18. The molecule has 2 aromatic carbocycles. The molecule has 36 heavy (non-hydrogen) atoms. The molecule has 7 nitrogen and oxygen atoms in total. The van der Waals surface area contributed by atoms with Crippen molar-refractivity contribution in [3.8, 4) is 22.4 Å². The second-order valence-corrected chi connectivity index (χ2v) is 9.47. The topological polar surface area (TPSA) is 74.3 Å². The SMILES string of the molecule is Cc1cc(-c2cnc3[nH]cc(-c4ccc(N5C(=O)OCC5C(F)F)cc4)c3n2)cc2c1CCN(C)C2. The summed E-state index contributed by atoms with van der Waals surface area (Å²) in [5.74, 6) is 0. The third kappa shape index (κ3) is 3.80. The highest BCUT2D eigenvalue weighted by Crippen LogP contribution is 2.33. The number of aromatic amines is 1. The van der Waals surface area contributed by atoms with Crippen LogP contribution in [0, 0.1) is 6.92 Å². The molecule has 1 unspecified atom stereocenters. The van der Waals surface area contributed by atoms with Crippen LogP contribution in [0.15, 0.2) is 48.8 Å². The Hall–Kier alpha value is -3.85. The number of nitrogens with one attached hydrogen (secondary N) is 1. The fourth-order valence-electron chi connectivity index (χ4n) is 5.18. The highest BCUT2D eigenvalue weighted by molar-refractivity contribution is 5.93. The van der Waals surface area contributed by atoms with E-state index in [1.54, 1.807) is 30.5 Å². The van der Waals surface area contributed by atoms with Crippen molar-refractivity contribution in [3.63, 3.8) is 0 Å². The molecule has 0 radical (unpaired) electrons. The number of hydrogen-bond acceptors (Lipinski definition) is 5. The number of aryl methyl sites for hydroxylation is 1. The molecule has 0 aliphatic carbocycles. The molecule has 6 rings (SSSR count). The van der Waals surface area contributed by atoms with Crippen molar-refractivity contribution in [3.05, 3.63) is 65.5 Å². The number of aromatic nitrogens is 3. The van der Waals surface area contributed by atoms with E-state index < -0.39 is 18.6 Å². The number of amides is 1. The quantitative estimate of drug-likeness (QED) is 0.428. The standard InChI is InChI=1S/C27H25F2N5O2/c1-15-9-17(10-18-13-33(2)8-7-20(15)18)22-12-31-26-24(32-22)21(11-30-26)16-3-5-19(6-4-16)34-23(25(28)29)14-36-27(34)35/h3-6,9-12,23,25H,7-8,13-14H2,1-2H3,(H,30,31). The Labute approximate surface area is 206 Å². The van der Waals surface area contributed by atoms with Gasteiger partial charge >= 0.3 is 6.09 Å². The van der Waals surface area contributed by atoms with Gasteiger partial charge in [0.25, 0.3) is 6.43 Å². The van der Waals surface area contributed by atoms with Crippen LogP contribution >= 0.6 is 0 Å². The molecule has 0 bridgehead atoms. The minimum absolute atomic E-state index is 0.322. The zero-order chi connectivity index (χ0) is 25.0. The van der Waals surface area contributed by atoms with Gasteiger partial charge in [-0.15, -0.1) is 0 Å². The molecule has 0 saturated carbocycles. The highest BCUT2D eigenvalue weighted by atomic mass is 19.3. The van der Waals surface area contributed by atoms with E-state index in [2.05, 4.69) is 41.0 Å². The van der Waals surface area contributed by atoms with Crippen molar-refractivity contribution >= 4 is 22.9 Å². The summed E-state index contributed by atoms with van der Waals surface area (Å²) in [6.07, 6.45) is 1.22. The molecule has 1 saturated heterocycles. The summed E-state index contributed by atoms with van der Waals surface area (Å²) in [6.45, 7) is 3.81. The maximum Gasteiger partial charge on any atom is 0.414 e. The number of benzene rings is 2. The van der Waals surface area contributed by atoms with Crippen LogP contribution < -0.4 is 4.90 Å². The normalized spacial score (nSPS) is 18.2. The first-order valence-corrected chi connectivity index (χ1v) is 11.9. The van der Waals surface area contributed by atoms with Crippen molar-refractivity contribution < 1.29 is 18.3 Å². The molecule has 2 aliphatic rings. The second-order valence-electron chi connectivity index (χ2n) is 9.47. The maximum absolute atomic E-state index is 13.3. The number of H-pyrrole nitrogens is 1. The van der Waals surface area contributed by atoms with Crippen molar-refractivity contribution in [2.75, 3.05) is 25.1 Å². The van der Waals surface area contributed by atoms with Gasteiger partial charge < -0.3 is 14.6 Å². The number of ether oxygens (including phenoxy) is 1. The lowest BCUT2D eigenvalue weighted by Crippen LogP contribution is -2.38. The molecule has 184 valence electrons. The summed E-state index contributed by atoms with van der Waals surface area (Å²) in [7, 11) is 2.13. The van der Waals surface area contributed by atoms with E-state index in [9.17, 15) is 13.6 Å². The van der Waals surface area contributed by atoms with Gasteiger partial charge in [-0.2, -0.15) is 0 Å². The van der Waals surface area contributed by atoms with Crippen LogP contribution in [0.5, 0.6) is 0 Å². The molecule has 2 aliphatic heterocycles. The molecule has 1 atom stereocenters. The summed E-state index contributed by atoms with van der Waals surface area (Å²) in [5, 5.41) is 0.